The quantitative estimate of drug-likeness (QED) is 0.711. The molecule has 1 aliphatic heterocycles. The van der Waals surface area contributed by atoms with Crippen LogP contribution in [0.5, 0.6) is 5.75 Å². The number of amides is 1. The van der Waals surface area contributed by atoms with Crippen LogP contribution in [0.1, 0.15) is 57.4 Å². The Kier molecular flexibility index (Phi) is 5.68. The Hall–Kier alpha value is -2.37. The zero-order valence-corrected chi connectivity index (χ0v) is 14.9. The molecule has 0 bridgehead atoms. The van der Waals surface area contributed by atoms with Crippen LogP contribution < -0.4 is 4.74 Å². The van der Waals surface area contributed by atoms with Crippen molar-refractivity contribution in [3.63, 3.8) is 0 Å². The van der Waals surface area contributed by atoms with Crippen molar-refractivity contribution in [3.8, 4) is 17.1 Å². The molecule has 0 saturated carbocycles. The first-order chi connectivity index (χ1) is 12.2. The van der Waals surface area contributed by atoms with Crippen molar-refractivity contribution in [3.05, 3.63) is 30.2 Å². The van der Waals surface area contributed by atoms with Crippen LogP contribution in [0.3, 0.4) is 0 Å². The Labute approximate surface area is 148 Å². The first-order valence-corrected chi connectivity index (χ1v) is 9.00. The molecule has 1 aliphatic rings. The van der Waals surface area contributed by atoms with Crippen molar-refractivity contribution in [2.75, 3.05) is 13.7 Å². The lowest BCUT2D eigenvalue weighted by Gasteiger charge is -2.21. The highest BCUT2D eigenvalue weighted by molar-refractivity contribution is 5.76. The van der Waals surface area contributed by atoms with Crippen LogP contribution in [0.25, 0.3) is 11.4 Å². The van der Waals surface area contributed by atoms with Gasteiger partial charge >= 0.3 is 0 Å². The van der Waals surface area contributed by atoms with Crippen LogP contribution in [-0.2, 0) is 4.79 Å². The van der Waals surface area contributed by atoms with E-state index in [1.54, 1.807) is 7.11 Å². The van der Waals surface area contributed by atoms with E-state index in [1.165, 1.54) is 0 Å². The predicted molar refractivity (Wildman–Crippen MR) is 94.1 cm³/mol. The van der Waals surface area contributed by atoms with Crippen LogP contribution in [0.15, 0.2) is 28.8 Å². The number of methoxy groups -OCH3 is 1. The van der Waals surface area contributed by atoms with Crippen molar-refractivity contribution in [2.45, 2.75) is 51.5 Å². The molecule has 1 saturated heterocycles. The summed E-state index contributed by atoms with van der Waals surface area (Å²) in [5, 5.41) is 4.10. The third-order valence-electron chi connectivity index (χ3n) is 4.62. The highest BCUT2D eigenvalue weighted by Gasteiger charge is 2.33. The predicted octanol–water partition coefficient (Wildman–Crippen LogP) is 3.99. The molecule has 1 atom stereocenters. The van der Waals surface area contributed by atoms with E-state index in [2.05, 4.69) is 17.1 Å². The van der Waals surface area contributed by atoms with Gasteiger partial charge in [-0.05, 0) is 31.4 Å². The minimum Gasteiger partial charge on any atom is -0.497 e. The number of aromatic nitrogens is 2. The van der Waals surface area contributed by atoms with E-state index in [0.717, 1.165) is 50.0 Å². The van der Waals surface area contributed by atoms with Gasteiger partial charge in [0.05, 0.1) is 7.11 Å². The van der Waals surface area contributed by atoms with Gasteiger partial charge in [-0.25, -0.2) is 0 Å². The fraction of sp³-hybridized carbons (Fsp3) is 0.526. The van der Waals surface area contributed by atoms with Gasteiger partial charge in [0.2, 0.25) is 17.6 Å². The minimum absolute atomic E-state index is 0.0963. The highest BCUT2D eigenvalue weighted by Crippen LogP contribution is 2.33. The molecule has 1 fully saturated rings. The van der Waals surface area contributed by atoms with Gasteiger partial charge in [0, 0.05) is 18.5 Å². The summed E-state index contributed by atoms with van der Waals surface area (Å²) in [6.07, 6.45) is 5.59. The molecule has 1 amide bonds. The largest absolute Gasteiger partial charge is 0.497 e. The Balaban J connectivity index is 1.73. The SMILES string of the molecule is CCCCCC(=O)N1CCCC1c1nc(-c2cccc(OC)c2)no1. The summed E-state index contributed by atoms with van der Waals surface area (Å²) < 4.78 is 10.7. The maximum absolute atomic E-state index is 12.5. The van der Waals surface area contributed by atoms with Crippen molar-refractivity contribution in [1.82, 2.24) is 15.0 Å². The average molecular weight is 343 g/mol. The second kappa shape index (κ2) is 8.14. The van der Waals surface area contributed by atoms with Crippen molar-refractivity contribution in [2.24, 2.45) is 0 Å². The molecule has 134 valence electrons. The number of likely N-dealkylation sites (tertiary alicyclic amines) is 1. The standard InChI is InChI=1S/C19H25N3O3/c1-3-4-5-11-17(23)22-12-7-10-16(22)19-20-18(21-25-19)14-8-6-9-15(13-14)24-2/h6,8-9,13,16H,3-5,7,10-12H2,1-2H3. The summed E-state index contributed by atoms with van der Waals surface area (Å²) in [4.78, 5) is 18.9. The normalized spacial score (nSPS) is 17.0. The number of carbonyl (C=O) groups is 1. The monoisotopic (exact) mass is 343 g/mol. The van der Waals surface area contributed by atoms with E-state index >= 15 is 0 Å². The van der Waals surface area contributed by atoms with Gasteiger partial charge in [0.1, 0.15) is 11.8 Å². The molecule has 6 nitrogen and oxygen atoms in total. The van der Waals surface area contributed by atoms with Gasteiger partial charge < -0.3 is 14.2 Å². The van der Waals surface area contributed by atoms with Gasteiger partial charge in [-0.15, -0.1) is 0 Å². The number of hydrogen-bond acceptors (Lipinski definition) is 5. The van der Waals surface area contributed by atoms with Gasteiger partial charge in [0.15, 0.2) is 0 Å². The maximum atomic E-state index is 12.5. The first-order valence-electron chi connectivity index (χ1n) is 9.00. The molecular weight excluding hydrogens is 318 g/mol. The topological polar surface area (TPSA) is 68.5 Å². The third kappa shape index (κ3) is 4.00. The molecule has 1 aromatic carbocycles. The van der Waals surface area contributed by atoms with Crippen molar-refractivity contribution in [1.29, 1.82) is 0 Å². The van der Waals surface area contributed by atoms with Crippen molar-refractivity contribution >= 4 is 5.91 Å². The summed E-state index contributed by atoms with van der Waals surface area (Å²) in [6, 6.07) is 7.46. The fourth-order valence-corrected chi connectivity index (χ4v) is 3.24. The van der Waals surface area contributed by atoms with Gasteiger partial charge in [-0.2, -0.15) is 4.98 Å². The zero-order valence-electron chi connectivity index (χ0n) is 14.9. The smallest absolute Gasteiger partial charge is 0.249 e. The summed E-state index contributed by atoms with van der Waals surface area (Å²) >= 11 is 0. The number of rotatable bonds is 7. The molecule has 1 unspecified atom stereocenters. The van der Waals surface area contributed by atoms with E-state index in [0.29, 0.717) is 18.1 Å². The van der Waals surface area contributed by atoms with Gasteiger partial charge in [0.25, 0.3) is 0 Å². The molecule has 3 rings (SSSR count). The summed E-state index contributed by atoms with van der Waals surface area (Å²) in [6.45, 7) is 2.91. The Morgan fingerprint density at radius 3 is 3.08 bits per heavy atom. The molecule has 1 aromatic heterocycles. The highest BCUT2D eigenvalue weighted by atomic mass is 16.5. The van der Waals surface area contributed by atoms with Crippen LogP contribution >= 0.6 is 0 Å². The molecule has 2 aromatic rings. The second-order valence-corrected chi connectivity index (χ2v) is 6.39. The summed E-state index contributed by atoms with van der Waals surface area (Å²) in [5.74, 6) is 1.99. The first kappa shape index (κ1) is 17.5. The van der Waals surface area contributed by atoms with E-state index in [1.807, 2.05) is 29.2 Å². The number of benzene rings is 1. The lowest BCUT2D eigenvalue weighted by Crippen LogP contribution is -2.30. The van der Waals surface area contributed by atoms with E-state index in [4.69, 9.17) is 9.26 Å². The molecule has 2 heterocycles. The summed E-state index contributed by atoms with van der Waals surface area (Å²) in [7, 11) is 1.63. The molecule has 0 spiro atoms. The van der Waals surface area contributed by atoms with Crippen LogP contribution in [0.2, 0.25) is 0 Å². The Bertz CT molecular complexity index is 713. The van der Waals surface area contributed by atoms with Crippen LogP contribution in [0.4, 0.5) is 0 Å². The molecule has 6 heteroatoms. The van der Waals surface area contributed by atoms with Crippen molar-refractivity contribution < 1.29 is 14.1 Å². The minimum atomic E-state index is -0.0963. The lowest BCUT2D eigenvalue weighted by atomic mass is 10.1. The molecule has 0 aliphatic carbocycles. The number of carbonyl (C=O) groups excluding carboxylic acids is 1. The van der Waals surface area contributed by atoms with E-state index in [-0.39, 0.29) is 11.9 Å². The number of hydrogen-bond donors (Lipinski definition) is 0. The molecule has 25 heavy (non-hydrogen) atoms. The van der Waals surface area contributed by atoms with E-state index in [9.17, 15) is 4.79 Å². The average Bonchev–Trinajstić information content (AvgIpc) is 3.31. The maximum Gasteiger partial charge on any atom is 0.249 e. The molecule has 0 N–H and O–H groups in total. The second-order valence-electron chi connectivity index (χ2n) is 6.39. The van der Waals surface area contributed by atoms with Crippen LogP contribution in [-0.4, -0.2) is 34.6 Å². The molecule has 0 radical (unpaired) electrons. The van der Waals surface area contributed by atoms with Gasteiger partial charge in [-0.1, -0.05) is 37.1 Å². The third-order valence-corrected chi connectivity index (χ3v) is 4.62. The Morgan fingerprint density at radius 2 is 2.28 bits per heavy atom. The zero-order chi connectivity index (χ0) is 17.6. The van der Waals surface area contributed by atoms with Crippen LogP contribution in [0, 0.1) is 0 Å². The number of ether oxygens (including phenoxy) is 1. The summed E-state index contributed by atoms with van der Waals surface area (Å²) in [5.41, 5.74) is 0.841. The Morgan fingerprint density at radius 1 is 1.40 bits per heavy atom. The number of unbranched alkanes of at least 4 members (excludes halogenated alkanes) is 2. The lowest BCUT2D eigenvalue weighted by molar-refractivity contribution is -0.132. The molecular formula is C19H25N3O3. The van der Waals surface area contributed by atoms with Gasteiger partial charge in [-0.3, -0.25) is 4.79 Å². The van der Waals surface area contributed by atoms with E-state index < -0.39 is 0 Å². The number of nitrogens with zero attached hydrogens (tertiary/aromatic N) is 3. The fourth-order valence-electron chi connectivity index (χ4n) is 3.24.